The first-order valence-corrected chi connectivity index (χ1v) is 10.0. The highest BCUT2D eigenvalue weighted by atomic mass is 16.5. The van der Waals surface area contributed by atoms with Gasteiger partial charge >= 0.3 is 0 Å². The number of guanidine groups is 1. The van der Waals surface area contributed by atoms with E-state index in [-0.39, 0.29) is 6.04 Å². The lowest BCUT2D eigenvalue weighted by atomic mass is 10.0. The molecule has 148 valence electrons. The van der Waals surface area contributed by atoms with Crippen LogP contribution in [-0.2, 0) is 0 Å². The lowest BCUT2D eigenvalue weighted by molar-refractivity contribution is 0.415. The Morgan fingerprint density at radius 1 is 0.833 bits per heavy atom. The summed E-state index contributed by atoms with van der Waals surface area (Å²) in [4.78, 5) is 1.99. The molecule has 4 nitrogen and oxygen atoms in total. The summed E-state index contributed by atoms with van der Waals surface area (Å²) in [5.74, 6) is 1.04. The van der Waals surface area contributed by atoms with Gasteiger partial charge < -0.3 is 15.0 Å². The minimum atomic E-state index is -0.0154. The number of nitrogens with one attached hydrogen (secondary N) is 2. The Morgan fingerprint density at radius 2 is 1.43 bits per heavy atom. The Balaban J connectivity index is 1.54. The van der Waals surface area contributed by atoms with Gasteiger partial charge in [-0.1, -0.05) is 78.9 Å². The van der Waals surface area contributed by atoms with E-state index < -0.39 is 0 Å². The van der Waals surface area contributed by atoms with Crippen molar-refractivity contribution in [2.75, 3.05) is 19.5 Å². The number of nitrogens with zero attached hydrogens (tertiary/aromatic N) is 1. The van der Waals surface area contributed by atoms with E-state index >= 15 is 0 Å². The third-order valence-electron chi connectivity index (χ3n) is 5.90. The van der Waals surface area contributed by atoms with Gasteiger partial charge in [-0.25, -0.2) is 0 Å². The summed E-state index contributed by atoms with van der Waals surface area (Å²) in [6, 6.07) is 29.0. The largest absolute Gasteiger partial charge is 0.495 e. The van der Waals surface area contributed by atoms with Crippen LogP contribution in [0.2, 0.25) is 0 Å². The number of anilines is 1. The molecule has 0 radical (unpaired) electrons. The second-order valence-corrected chi connectivity index (χ2v) is 7.53. The molecule has 1 aliphatic rings. The smallest absolute Gasteiger partial charge is 0.196 e. The fourth-order valence-corrected chi connectivity index (χ4v) is 4.43. The van der Waals surface area contributed by atoms with E-state index in [0.29, 0.717) is 5.96 Å². The highest BCUT2D eigenvalue weighted by Gasteiger charge is 2.32. The van der Waals surface area contributed by atoms with E-state index in [4.69, 9.17) is 10.1 Å². The average Bonchev–Trinajstić information content (AvgIpc) is 3.13. The predicted molar refractivity (Wildman–Crippen MR) is 123 cm³/mol. The minimum Gasteiger partial charge on any atom is -0.495 e. The van der Waals surface area contributed by atoms with Crippen LogP contribution in [0.25, 0.3) is 21.9 Å². The summed E-state index contributed by atoms with van der Waals surface area (Å²) in [7, 11) is 3.63. The van der Waals surface area contributed by atoms with Crippen molar-refractivity contribution in [3.05, 3.63) is 96.1 Å². The van der Waals surface area contributed by atoms with Gasteiger partial charge in [0.15, 0.2) is 5.96 Å². The van der Waals surface area contributed by atoms with Gasteiger partial charge in [0.2, 0.25) is 0 Å². The third kappa shape index (κ3) is 2.80. The van der Waals surface area contributed by atoms with Gasteiger partial charge in [-0.05, 0) is 33.7 Å². The average molecular weight is 393 g/mol. The zero-order valence-electron chi connectivity index (χ0n) is 17.0. The number of hydrogen-bond donors (Lipinski definition) is 2. The number of ether oxygens (including phenoxy) is 1. The van der Waals surface area contributed by atoms with Gasteiger partial charge in [0.25, 0.3) is 0 Å². The zero-order chi connectivity index (χ0) is 20.7. The van der Waals surface area contributed by atoms with Crippen molar-refractivity contribution in [2.45, 2.75) is 6.04 Å². The molecule has 0 aliphatic heterocycles. The van der Waals surface area contributed by atoms with Gasteiger partial charge in [0.1, 0.15) is 5.75 Å². The topological polar surface area (TPSA) is 48.4 Å². The molecule has 0 spiro atoms. The maximum atomic E-state index is 8.89. The van der Waals surface area contributed by atoms with Crippen LogP contribution >= 0.6 is 0 Å². The molecule has 4 aromatic rings. The Morgan fingerprint density at radius 3 is 2.10 bits per heavy atom. The van der Waals surface area contributed by atoms with Crippen LogP contribution < -0.4 is 10.1 Å². The highest BCUT2D eigenvalue weighted by Crippen LogP contribution is 2.46. The number of rotatable bonds is 3. The van der Waals surface area contributed by atoms with Crippen molar-refractivity contribution in [1.82, 2.24) is 4.90 Å². The van der Waals surface area contributed by atoms with Crippen LogP contribution in [0.15, 0.2) is 84.9 Å². The minimum absolute atomic E-state index is 0.0154. The van der Waals surface area contributed by atoms with Crippen molar-refractivity contribution in [1.29, 1.82) is 5.41 Å². The quantitative estimate of drug-likeness (QED) is 0.337. The van der Waals surface area contributed by atoms with Crippen LogP contribution in [0.5, 0.6) is 5.75 Å². The summed E-state index contributed by atoms with van der Waals surface area (Å²) in [6.45, 7) is 0. The standard InChI is InChI=1S/C26H23N3O/c1-29(25-21-13-7-5-11-19(21)20-12-6-8-14-22(20)25)26(27)28-24-18-10-4-3-9-17(18)15-16-23(24)30-2/h3-16,25H,1-2H3,(H2,27,28). The molecule has 0 fully saturated rings. The third-order valence-corrected chi connectivity index (χ3v) is 5.90. The molecule has 4 aromatic carbocycles. The fourth-order valence-electron chi connectivity index (χ4n) is 4.43. The molecule has 2 N–H and O–H groups in total. The first kappa shape index (κ1) is 18.3. The number of benzene rings is 4. The zero-order valence-corrected chi connectivity index (χ0v) is 17.0. The van der Waals surface area contributed by atoms with E-state index in [2.05, 4.69) is 59.9 Å². The van der Waals surface area contributed by atoms with Crippen molar-refractivity contribution in [2.24, 2.45) is 0 Å². The number of hydrogen-bond acceptors (Lipinski definition) is 2. The van der Waals surface area contributed by atoms with Gasteiger partial charge in [0, 0.05) is 12.4 Å². The number of fused-ring (bicyclic) bond motifs is 4. The van der Waals surface area contributed by atoms with Crippen LogP contribution in [0.3, 0.4) is 0 Å². The van der Waals surface area contributed by atoms with Crippen molar-refractivity contribution >= 4 is 22.4 Å². The fraction of sp³-hybridized carbons (Fsp3) is 0.115. The van der Waals surface area contributed by atoms with E-state index in [9.17, 15) is 0 Å². The monoisotopic (exact) mass is 393 g/mol. The Labute approximate surface area is 176 Å². The first-order chi connectivity index (χ1) is 14.7. The summed E-state index contributed by atoms with van der Waals surface area (Å²) in [5, 5.41) is 14.3. The maximum absolute atomic E-state index is 8.89. The molecule has 0 atom stereocenters. The molecular formula is C26H23N3O. The molecule has 0 bridgehead atoms. The van der Waals surface area contributed by atoms with Crippen molar-refractivity contribution < 1.29 is 4.74 Å². The molecule has 4 heteroatoms. The second kappa shape index (κ2) is 7.23. The maximum Gasteiger partial charge on any atom is 0.196 e. The lowest BCUT2D eigenvalue weighted by Gasteiger charge is -2.29. The molecule has 1 aliphatic carbocycles. The SMILES string of the molecule is COc1ccc2ccccc2c1NC(=N)N(C)C1c2ccccc2-c2ccccc21. The normalized spacial score (nSPS) is 12.3. The summed E-state index contributed by atoms with van der Waals surface area (Å²) in [5.41, 5.74) is 5.73. The van der Waals surface area contributed by atoms with Crippen LogP contribution in [-0.4, -0.2) is 25.0 Å². The highest BCUT2D eigenvalue weighted by molar-refractivity contribution is 6.05. The van der Waals surface area contributed by atoms with E-state index in [1.807, 2.05) is 42.3 Å². The Bertz CT molecular complexity index is 1220. The Hall–Kier alpha value is -3.79. The number of methoxy groups -OCH3 is 1. The predicted octanol–water partition coefficient (Wildman–Crippen LogP) is 5.90. The molecule has 0 aromatic heterocycles. The summed E-state index contributed by atoms with van der Waals surface area (Å²) in [6.07, 6.45) is 0. The van der Waals surface area contributed by atoms with E-state index in [1.54, 1.807) is 7.11 Å². The molecule has 30 heavy (non-hydrogen) atoms. The molecule has 0 heterocycles. The van der Waals surface area contributed by atoms with Crippen molar-refractivity contribution in [3.63, 3.8) is 0 Å². The molecular weight excluding hydrogens is 370 g/mol. The molecule has 0 amide bonds. The molecule has 5 rings (SSSR count). The van der Waals surface area contributed by atoms with Gasteiger partial charge in [-0.2, -0.15) is 0 Å². The molecule has 0 saturated heterocycles. The van der Waals surface area contributed by atoms with Gasteiger partial charge in [0.05, 0.1) is 18.8 Å². The Kier molecular flexibility index (Phi) is 4.40. The van der Waals surface area contributed by atoms with Crippen molar-refractivity contribution in [3.8, 4) is 16.9 Å². The lowest BCUT2D eigenvalue weighted by Crippen LogP contribution is -2.35. The van der Waals surface area contributed by atoms with Crippen LogP contribution in [0, 0.1) is 5.41 Å². The molecule has 0 unspecified atom stereocenters. The van der Waals surface area contributed by atoms with E-state index in [1.165, 1.54) is 22.3 Å². The summed E-state index contributed by atoms with van der Waals surface area (Å²) < 4.78 is 5.59. The van der Waals surface area contributed by atoms with E-state index in [0.717, 1.165) is 22.2 Å². The summed E-state index contributed by atoms with van der Waals surface area (Å²) >= 11 is 0. The van der Waals surface area contributed by atoms with Crippen LogP contribution in [0.1, 0.15) is 17.2 Å². The van der Waals surface area contributed by atoms with Gasteiger partial charge in [-0.15, -0.1) is 0 Å². The molecule has 0 saturated carbocycles. The van der Waals surface area contributed by atoms with Crippen LogP contribution in [0.4, 0.5) is 5.69 Å². The second-order valence-electron chi connectivity index (χ2n) is 7.53. The van der Waals surface area contributed by atoms with Gasteiger partial charge in [-0.3, -0.25) is 5.41 Å². The first-order valence-electron chi connectivity index (χ1n) is 10.0.